The summed E-state index contributed by atoms with van der Waals surface area (Å²) in [6, 6.07) is 9.35. The number of guanidine groups is 1. The molecular weight excluding hydrogens is 296 g/mol. The molecule has 4 nitrogen and oxygen atoms in total. The molecule has 1 aliphatic rings. The summed E-state index contributed by atoms with van der Waals surface area (Å²) in [5.41, 5.74) is 2.60. The first-order valence-corrected chi connectivity index (χ1v) is 9.34. The van der Waals surface area contributed by atoms with Crippen molar-refractivity contribution in [1.82, 2.24) is 15.5 Å². The van der Waals surface area contributed by atoms with Gasteiger partial charge in [0.15, 0.2) is 5.96 Å². The molecule has 24 heavy (non-hydrogen) atoms. The molecule has 134 valence electrons. The molecular formula is C20H34N4. The predicted molar refractivity (Wildman–Crippen MR) is 103 cm³/mol. The van der Waals surface area contributed by atoms with Gasteiger partial charge in [-0.15, -0.1) is 0 Å². The summed E-state index contributed by atoms with van der Waals surface area (Å²) in [6.45, 7) is 7.08. The minimum Gasteiger partial charge on any atom is -0.357 e. The van der Waals surface area contributed by atoms with Gasteiger partial charge in [-0.2, -0.15) is 0 Å². The lowest BCUT2D eigenvalue weighted by atomic mass is 9.87. The highest BCUT2D eigenvalue weighted by Crippen LogP contribution is 2.23. The van der Waals surface area contributed by atoms with Gasteiger partial charge in [0.25, 0.3) is 0 Å². The normalized spacial score (nSPS) is 21.8. The monoisotopic (exact) mass is 330 g/mol. The first-order valence-electron chi connectivity index (χ1n) is 9.34. The number of benzene rings is 1. The van der Waals surface area contributed by atoms with E-state index < -0.39 is 0 Å². The lowest BCUT2D eigenvalue weighted by molar-refractivity contribution is 0.329. The molecule has 1 aromatic carbocycles. The van der Waals surface area contributed by atoms with Crippen LogP contribution >= 0.6 is 0 Å². The highest BCUT2D eigenvalue weighted by Gasteiger charge is 2.18. The van der Waals surface area contributed by atoms with Crippen LogP contribution in [0.4, 0.5) is 0 Å². The fraction of sp³-hybridized carbons (Fsp3) is 0.650. The molecule has 0 atom stereocenters. The van der Waals surface area contributed by atoms with E-state index in [0.29, 0.717) is 6.04 Å². The summed E-state index contributed by atoms with van der Waals surface area (Å²) in [5.74, 6) is 1.83. The average molecular weight is 331 g/mol. The van der Waals surface area contributed by atoms with Gasteiger partial charge in [-0.05, 0) is 63.7 Å². The Hall–Kier alpha value is -1.55. The van der Waals surface area contributed by atoms with Gasteiger partial charge in [0.2, 0.25) is 0 Å². The molecule has 2 rings (SSSR count). The fourth-order valence-electron chi connectivity index (χ4n) is 3.20. The molecule has 0 saturated heterocycles. The van der Waals surface area contributed by atoms with Crippen LogP contribution in [0.2, 0.25) is 0 Å². The lowest BCUT2D eigenvalue weighted by Gasteiger charge is -2.28. The van der Waals surface area contributed by atoms with Gasteiger partial charge in [0.05, 0.1) is 6.54 Å². The summed E-state index contributed by atoms with van der Waals surface area (Å²) in [6.07, 6.45) is 5.16. The zero-order valence-electron chi connectivity index (χ0n) is 15.8. The van der Waals surface area contributed by atoms with E-state index in [0.717, 1.165) is 31.5 Å². The Morgan fingerprint density at radius 2 is 1.71 bits per heavy atom. The third-order valence-electron chi connectivity index (χ3n) is 4.64. The molecule has 0 spiro atoms. The van der Waals surface area contributed by atoms with Gasteiger partial charge in [0, 0.05) is 19.1 Å². The Kier molecular flexibility index (Phi) is 7.57. The van der Waals surface area contributed by atoms with E-state index in [1.807, 2.05) is 0 Å². The number of aliphatic imine (C=N–C) groups is 1. The quantitative estimate of drug-likeness (QED) is 0.620. The Morgan fingerprint density at radius 3 is 2.29 bits per heavy atom. The standard InChI is InChI=1S/C20H34N4/c1-5-21-20(23-19-12-6-16(2)7-13-19)22-14-17-8-10-18(11-9-17)15-24(3)4/h8-11,16,19H,5-7,12-15H2,1-4H3,(H2,21,22,23). The van der Waals surface area contributed by atoms with E-state index in [-0.39, 0.29) is 0 Å². The second-order valence-electron chi connectivity index (χ2n) is 7.35. The van der Waals surface area contributed by atoms with Gasteiger partial charge >= 0.3 is 0 Å². The zero-order valence-corrected chi connectivity index (χ0v) is 15.8. The number of hydrogen-bond acceptors (Lipinski definition) is 2. The second kappa shape index (κ2) is 9.67. The van der Waals surface area contributed by atoms with Crippen LogP contribution in [0.3, 0.4) is 0 Å². The van der Waals surface area contributed by atoms with Crippen LogP contribution in [-0.4, -0.2) is 37.5 Å². The van der Waals surface area contributed by atoms with Crippen molar-refractivity contribution >= 4 is 5.96 Å². The van der Waals surface area contributed by atoms with Crippen molar-refractivity contribution in [2.24, 2.45) is 10.9 Å². The van der Waals surface area contributed by atoms with E-state index in [1.165, 1.54) is 36.8 Å². The number of rotatable bonds is 6. The maximum absolute atomic E-state index is 4.77. The van der Waals surface area contributed by atoms with Crippen LogP contribution in [0.25, 0.3) is 0 Å². The topological polar surface area (TPSA) is 39.7 Å². The molecule has 0 amide bonds. The van der Waals surface area contributed by atoms with Crippen LogP contribution in [0, 0.1) is 5.92 Å². The van der Waals surface area contributed by atoms with E-state index in [9.17, 15) is 0 Å². The molecule has 2 N–H and O–H groups in total. The first-order chi connectivity index (χ1) is 11.6. The van der Waals surface area contributed by atoms with Gasteiger partial charge in [-0.1, -0.05) is 31.2 Å². The van der Waals surface area contributed by atoms with E-state index >= 15 is 0 Å². The number of nitrogens with one attached hydrogen (secondary N) is 2. The van der Waals surface area contributed by atoms with Crippen molar-refractivity contribution in [1.29, 1.82) is 0 Å². The molecule has 1 fully saturated rings. The third kappa shape index (κ3) is 6.52. The molecule has 4 heteroatoms. The molecule has 1 saturated carbocycles. The highest BCUT2D eigenvalue weighted by atomic mass is 15.2. The SMILES string of the molecule is CCNC(=NCc1ccc(CN(C)C)cc1)NC1CCC(C)CC1. The summed E-state index contributed by atoms with van der Waals surface area (Å²) in [5, 5.41) is 7.00. The van der Waals surface area contributed by atoms with E-state index in [2.05, 4.69) is 67.7 Å². The van der Waals surface area contributed by atoms with Crippen LogP contribution in [-0.2, 0) is 13.1 Å². The van der Waals surface area contributed by atoms with Crippen molar-refractivity contribution in [2.45, 2.75) is 58.7 Å². The van der Waals surface area contributed by atoms with Crippen molar-refractivity contribution in [3.05, 3.63) is 35.4 Å². The second-order valence-corrected chi connectivity index (χ2v) is 7.35. The molecule has 0 bridgehead atoms. The molecule has 1 aromatic rings. The third-order valence-corrected chi connectivity index (χ3v) is 4.64. The van der Waals surface area contributed by atoms with Crippen LogP contribution < -0.4 is 10.6 Å². The fourth-order valence-corrected chi connectivity index (χ4v) is 3.20. The van der Waals surface area contributed by atoms with Crippen LogP contribution in [0.15, 0.2) is 29.3 Å². The van der Waals surface area contributed by atoms with Gasteiger partial charge < -0.3 is 15.5 Å². The van der Waals surface area contributed by atoms with E-state index in [4.69, 9.17) is 4.99 Å². The van der Waals surface area contributed by atoms with Crippen molar-refractivity contribution in [3.8, 4) is 0 Å². The van der Waals surface area contributed by atoms with Crippen molar-refractivity contribution in [2.75, 3.05) is 20.6 Å². The molecule has 1 aliphatic carbocycles. The smallest absolute Gasteiger partial charge is 0.191 e. The molecule has 0 radical (unpaired) electrons. The van der Waals surface area contributed by atoms with E-state index in [1.54, 1.807) is 0 Å². The minimum absolute atomic E-state index is 0.571. The summed E-state index contributed by atoms with van der Waals surface area (Å²) >= 11 is 0. The summed E-state index contributed by atoms with van der Waals surface area (Å²) in [4.78, 5) is 6.96. The van der Waals surface area contributed by atoms with Gasteiger partial charge in [0.1, 0.15) is 0 Å². The predicted octanol–water partition coefficient (Wildman–Crippen LogP) is 3.38. The first kappa shape index (κ1) is 18.8. The van der Waals surface area contributed by atoms with Gasteiger partial charge in [-0.25, -0.2) is 4.99 Å². The molecule has 0 aromatic heterocycles. The van der Waals surface area contributed by atoms with Crippen molar-refractivity contribution in [3.63, 3.8) is 0 Å². The zero-order chi connectivity index (χ0) is 17.4. The Morgan fingerprint density at radius 1 is 1.08 bits per heavy atom. The minimum atomic E-state index is 0.571. The van der Waals surface area contributed by atoms with Crippen molar-refractivity contribution < 1.29 is 0 Å². The Balaban J connectivity index is 1.90. The molecule has 0 heterocycles. The summed E-state index contributed by atoms with van der Waals surface area (Å²) in [7, 11) is 4.19. The average Bonchev–Trinajstić information content (AvgIpc) is 2.56. The van der Waals surface area contributed by atoms with Crippen LogP contribution in [0.1, 0.15) is 50.7 Å². The van der Waals surface area contributed by atoms with Crippen LogP contribution in [0.5, 0.6) is 0 Å². The highest BCUT2D eigenvalue weighted by molar-refractivity contribution is 5.80. The largest absolute Gasteiger partial charge is 0.357 e. The lowest BCUT2D eigenvalue weighted by Crippen LogP contribution is -2.44. The number of nitrogens with zero attached hydrogens (tertiary/aromatic N) is 2. The Bertz CT molecular complexity index is 499. The maximum Gasteiger partial charge on any atom is 0.191 e. The van der Waals surface area contributed by atoms with Gasteiger partial charge in [-0.3, -0.25) is 0 Å². The molecule has 0 aliphatic heterocycles. The maximum atomic E-state index is 4.77. The summed E-state index contributed by atoms with van der Waals surface area (Å²) < 4.78 is 0. The number of hydrogen-bond donors (Lipinski definition) is 2. The Labute approximate surface area is 147 Å². The molecule has 0 unspecified atom stereocenters.